The normalized spacial score (nSPS) is 20.0. The fourth-order valence-electron chi connectivity index (χ4n) is 4.65. The van der Waals surface area contributed by atoms with Crippen molar-refractivity contribution >= 4 is 0 Å². The van der Waals surface area contributed by atoms with E-state index in [-0.39, 0.29) is 0 Å². The zero-order valence-electron chi connectivity index (χ0n) is 17.1. The molecule has 2 aliphatic heterocycles. The third-order valence-corrected chi connectivity index (χ3v) is 6.20. The minimum Gasteiger partial charge on any atom is -0.314 e. The highest BCUT2D eigenvalue weighted by atomic mass is 15.3. The van der Waals surface area contributed by atoms with E-state index in [1.807, 2.05) is 11.7 Å². The van der Waals surface area contributed by atoms with E-state index in [9.17, 15) is 0 Å². The van der Waals surface area contributed by atoms with E-state index in [1.165, 1.54) is 50.2 Å². The largest absolute Gasteiger partial charge is 0.314 e. The number of nitrogens with zero attached hydrogens (tertiary/aromatic N) is 7. The molecule has 0 aromatic carbocycles. The van der Waals surface area contributed by atoms with Gasteiger partial charge in [0.25, 0.3) is 0 Å². The Bertz CT molecular complexity index is 748. The van der Waals surface area contributed by atoms with Crippen LogP contribution in [0.5, 0.6) is 0 Å². The van der Waals surface area contributed by atoms with Gasteiger partial charge >= 0.3 is 0 Å². The molecule has 7 heteroatoms. The van der Waals surface area contributed by atoms with E-state index < -0.39 is 0 Å². The molecule has 2 saturated heterocycles. The molecule has 0 radical (unpaired) electrons. The first-order valence-corrected chi connectivity index (χ1v) is 10.5. The molecule has 148 valence electrons. The molecule has 0 bridgehead atoms. The number of hydrogen-bond acceptors (Lipinski definition) is 5. The lowest BCUT2D eigenvalue weighted by atomic mass is 9.95. The molecule has 0 spiro atoms. The lowest BCUT2D eigenvalue weighted by Gasteiger charge is -2.31. The fourth-order valence-corrected chi connectivity index (χ4v) is 4.65. The molecule has 0 saturated carbocycles. The van der Waals surface area contributed by atoms with Gasteiger partial charge in [0.15, 0.2) is 0 Å². The van der Waals surface area contributed by atoms with Gasteiger partial charge in [0.2, 0.25) is 0 Å². The van der Waals surface area contributed by atoms with Gasteiger partial charge in [-0.25, -0.2) is 0 Å². The Morgan fingerprint density at radius 2 is 1.70 bits per heavy atom. The molecule has 27 heavy (non-hydrogen) atoms. The molecule has 0 aliphatic carbocycles. The van der Waals surface area contributed by atoms with Crippen molar-refractivity contribution in [2.45, 2.75) is 65.1 Å². The third-order valence-electron chi connectivity index (χ3n) is 6.20. The van der Waals surface area contributed by atoms with Crippen LogP contribution in [-0.2, 0) is 26.7 Å². The Balaban J connectivity index is 1.37. The van der Waals surface area contributed by atoms with Crippen molar-refractivity contribution in [1.29, 1.82) is 0 Å². The average Bonchev–Trinajstić information content (AvgIpc) is 3.38. The highest BCUT2D eigenvalue weighted by molar-refractivity contribution is 5.15. The van der Waals surface area contributed by atoms with Crippen molar-refractivity contribution in [1.82, 2.24) is 34.3 Å². The maximum Gasteiger partial charge on any atom is 0.147 e. The smallest absolute Gasteiger partial charge is 0.147 e. The molecular weight excluding hydrogens is 338 g/mol. The second-order valence-corrected chi connectivity index (χ2v) is 8.17. The van der Waals surface area contributed by atoms with Gasteiger partial charge in [0.1, 0.15) is 11.6 Å². The van der Waals surface area contributed by atoms with Crippen molar-refractivity contribution in [3.63, 3.8) is 0 Å². The number of piperidine rings is 1. The predicted molar refractivity (Wildman–Crippen MR) is 105 cm³/mol. The Morgan fingerprint density at radius 3 is 2.33 bits per heavy atom. The Kier molecular flexibility index (Phi) is 5.59. The molecular formula is C20H33N7. The second kappa shape index (κ2) is 8.10. The second-order valence-electron chi connectivity index (χ2n) is 8.17. The van der Waals surface area contributed by atoms with Crippen molar-refractivity contribution in [2.24, 2.45) is 7.05 Å². The topological polar surface area (TPSA) is 55.0 Å². The van der Waals surface area contributed by atoms with Gasteiger partial charge in [-0.2, -0.15) is 5.10 Å². The summed E-state index contributed by atoms with van der Waals surface area (Å²) in [5, 5.41) is 13.7. The van der Waals surface area contributed by atoms with Gasteiger partial charge in [0.05, 0.1) is 12.2 Å². The first kappa shape index (κ1) is 18.6. The molecule has 2 aromatic heterocycles. The number of aryl methyl sites for hydroxylation is 2. The van der Waals surface area contributed by atoms with E-state index in [0.29, 0.717) is 5.92 Å². The minimum absolute atomic E-state index is 0.538. The molecule has 4 rings (SSSR count). The SMILES string of the molecule is CCn1c(CN2CCCC2)nnc1C1CCN(Cc2cn(C)nc2C)CC1. The van der Waals surface area contributed by atoms with Crippen LogP contribution in [0.3, 0.4) is 0 Å². The summed E-state index contributed by atoms with van der Waals surface area (Å²) in [5.74, 6) is 2.91. The standard InChI is InChI=1S/C20H33N7/c1-4-27-19(15-25-9-5-6-10-25)21-22-20(27)17-7-11-26(12-8-17)14-18-13-24(3)23-16(18)2/h13,17H,4-12,14-15H2,1-3H3. The Morgan fingerprint density at radius 1 is 1.00 bits per heavy atom. The number of likely N-dealkylation sites (tertiary alicyclic amines) is 2. The lowest BCUT2D eigenvalue weighted by molar-refractivity contribution is 0.199. The molecule has 0 amide bonds. The number of aromatic nitrogens is 5. The van der Waals surface area contributed by atoms with Crippen molar-refractivity contribution < 1.29 is 0 Å². The Labute approximate surface area is 162 Å². The first-order chi connectivity index (χ1) is 13.1. The molecule has 0 atom stereocenters. The maximum atomic E-state index is 4.63. The van der Waals surface area contributed by atoms with Crippen LogP contribution in [0.15, 0.2) is 6.20 Å². The highest BCUT2D eigenvalue weighted by Crippen LogP contribution is 2.28. The van der Waals surface area contributed by atoms with Gasteiger partial charge < -0.3 is 4.57 Å². The highest BCUT2D eigenvalue weighted by Gasteiger charge is 2.27. The van der Waals surface area contributed by atoms with Gasteiger partial charge in [-0.05, 0) is 65.7 Å². The van der Waals surface area contributed by atoms with Crippen LogP contribution in [0, 0.1) is 6.92 Å². The number of hydrogen-bond donors (Lipinski definition) is 0. The van der Waals surface area contributed by atoms with E-state index in [4.69, 9.17) is 0 Å². The summed E-state index contributed by atoms with van der Waals surface area (Å²) in [6.45, 7) is 11.9. The quantitative estimate of drug-likeness (QED) is 0.780. The van der Waals surface area contributed by atoms with Crippen LogP contribution in [0.1, 0.15) is 61.4 Å². The van der Waals surface area contributed by atoms with Crippen LogP contribution in [-0.4, -0.2) is 60.5 Å². The zero-order chi connectivity index (χ0) is 18.8. The van der Waals surface area contributed by atoms with E-state index in [1.54, 1.807) is 0 Å². The molecule has 4 heterocycles. The predicted octanol–water partition coefficient (Wildman–Crippen LogP) is 2.32. The van der Waals surface area contributed by atoms with Gasteiger partial charge in [-0.15, -0.1) is 10.2 Å². The molecule has 0 N–H and O–H groups in total. The minimum atomic E-state index is 0.538. The Hall–Kier alpha value is -1.73. The van der Waals surface area contributed by atoms with Crippen LogP contribution in [0.2, 0.25) is 0 Å². The van der Waals surface area contributed by atoms with Crippen molar-refractivity contribution in [3.05, 3.63) is 29.1 Å². The fraction of sp³-hybridized carbons (Fsp3) is 0.750. The van der Waals surface area contributed by atoms with Crippen LogP contribution in [0.25, 0.3) is 0 Å². The summed E-state index contributed by atoms with van der Waals surface area (Å²) in [5.41, 5.74) is 2.50. The third kappa shape index (κ3) is 4.09. The average molecular weight is 372 g/mol. The van der Waals surface area contributed by atoms with E-state index in [2.05, 4.69) is 49.7 Å². The summed E-state index contributed by atoms with van der Waals surface area (Å²) >= 11 is 0. The summed E-state index contributed by atoms with van der Waals surface area (Å²) in [6, 6.07) is 0. The summed E-state index contributed by atoms with van der Waals surface area (Å²) < 4.78 is 4.30. The summed E-state index contributed by atoms with van der Waals surface area (Å²) in [7, 11) is 2.00. The maximum absolute atomic E-state index is 4.63. The van der Waals surface area contributed by atoms with Gasteiger partial charge in [0, 0.05) is 37.8 Å². The van der Waals surface area contributed by atoms with Crippen LogP contribution >= 0.6 is 0 Å². The molecule has 2 fully saturated rings. The van der Waals surface area contributed by atoms with E-state index >= 15 is 0 Å². The van der Waals surface area contributed by atoms with Crippen molar-refractivity contribution in [3.8, 4) is 0 Å². The molecule has 2 aromatic rings. The van der Waals surface area contributed by atoms with Gasteiger partial charge in [-0.1, -0.05) is 0 Å². The molecule has 0 unspecified atom stereocenters. The lowest BCUT2D eigenvalue weighted by Crippen LogP contribution is -2.33. The molecule has 7 nitrogen and oxygen atoms in total. The summed E-state index contributed by atoms with van der Waals surface area (Å²) in [4.78, 5) is 5.07. The van der Waals surface area contributed by atoms with Crippen LogP contribution in [0.4, 0.5) is 0 Å². The molecule has 2 aliphatic rings. The van der Waals surface area contributed by atoms with Crippen LogP contribution < -0.4 is 0 Å². The monoisotopic (exact) mass is 371 g/mol. The number of rotatable bonds is 6. The van der Waals surface area contributed by atoms with Crippen molar-refractivity contribution in [2.75, 3.05) is 26.2 Å². The zero-order valence-corrected chi connectivity index (χ0v) is 17.1. The summed E-state index contributed by atoms with van der Waals surface area (Å²) in [6.07, 6.45) is 7.13. The van der Waals surface area contributed by atoms with Gasteiger partial charge in [-0.3, -0.25) is 14.5 Å². The first-order valence-electron chi connectivity index (χ1n) is 10.5. The van der Waals surface area contributed by atoms with E-state index in [0.717, 1.165) is 44.2 Å².